The van der Waals surface area contributed by atoms with E-state index in [1.165, 1.54) is 26.4 Å². The molecule has 0 atom stereocenters. The van der Waals surface area contributed by atoms with Crippen LogP contribution < -0.4 is 31.3 Å². The molecular weight excluding hydrogens is 901 g/mol. The number of imidazole rings is 2. The third-order valence-electron chi connectivity index (χ3n) is 11.5. The number of nitrogens with one attached hydrogen (secondary N) is 3. The monoisotopic (exact) mass is 958 g/mol. The molecule has 2 aromatic carbocycles. The van der Waals surface area contributed by atoms with Crippen molar-refractivity contribution in [1.29, 1.82) is 0 Å². The van der Waals surface area contributed by atoms with Gasteiger partial charge >= 0.3 is 0 Å². The van der Waals surface area contributed by atoms with Gasteiger partial charge < -0.3 is 29.2 Å². The number of hydrogen-bond acceptors (Lipinski definition) is 13. The van der Waals surface area contributed by atoms with Gasteiger partial charge in [-0.3, -0.25) is 53.7 Å². The lowest BCUT2D eigenvalue weighted by Gasteiger charge is -2.34. The highest BCUT2D eigenvalue weighted by Gasteiger charge is 2.25. The summed E-state index contributed by atoms with van der Waals surface area (Å²) in [6.07, 6.45) is 3.66. The summed E-state index contributed by atoms with van der Waals surface area (Å²) < 4.78 is 18.7. The van der Waals surface area contributed by atoms with Gasteiger partial charge in [0.1, 0.15) is 40.5 Å². The first-order chi connectivity index (χ1) is 33.6. The predicted molar refractivity (Wildman–Crippen MR) is 260 cm³/mol. The van der Waals surface area contributed by atoms with Gasteiger partial charge in [-0.15, -0.1) is 0 Å². The summed E-state index contributed by atoms with van der Waals surface area (Å²) in [5.41, 5.74) is 12.0. The van der Waals surface area contributed by atoms with Gasteiger partial charge in [-0.2, -0.15) is 10.2 Å². The molecule has 1 aliphatic rings. The van der Waals surface area contributed by atoms with Crippen LogP contribution >= 0.6 is 0 Å². The number of primary amides is 1. The number of aromatic nitrogens is 8. The Labute approximate surface area is 404 Å². The number of benzene rings is 2. The van der Waals surface area contributed by atoms with Crippen molar-refractivity contribution in [2.75, 3.05) is 64.2 Å². The number of hydroxylamine groups is 1. The van der Waals surface area contributed by atoms with E-state index in [1.807, 2.05) is 44.7 Å². The maximum Gasteiger partial charge on any atom is 0.276 e. The minimum Gasteiger partial charge on any atom is -0.494 e. The number of aryl methyl sites for hydroxylation is 4. The van der Waals surface area contributed by atoms with Crippen LogP contribution in [0.1, 0.15) is 80.8 Å². The van der Waals surface area contributed by atoms with Gasteiger partial charge in [0, 0.05) is 69.4 Å². The molecule has 7 rings (SSSR count). The number of ether oxygens (including phenoxy) is 2. The average Bonchev–Trinajstić information content (AvgIpc) is 4.11. The zero-order chi connectivity index (χ0) is 50.2. The number of carbonyl (C=O) groups is 5. The second-order valence-corrected chi connectivity index (χ2v) is 16.7. The third kappa shape index (κ3) is 11.0. The lowest BCUT2D eigenvalue weighted by molar-refractivity contribution is -0.136. The Morgan fingerprint density at radius 3 is 1.76 bits per heavy atom. The third-order valence-corrected chi connectivity index (χ3v) is 11.5. The van der Waals surface area contributed by atoms with Crippen LogP contribution in [-0.2, 0) is 35.8 Å². The molecule has 0 unspecified atom stereocenters. The summed E-state index contributed by atoms with van der Waals surface area (Å²) in [5.74, 6) is 5.04. The van der Waals surface area contributed by atoms with E-state index in [2.05, 4.69) is 43.1 Å². The van der Waals surface area contributed by atoms with E-state index < -0.39 is 23.6 Å². The van der Waals surface area contributed by atoms with Gasteiger partial charge in [0.25, 0.3) is 17.7 Å². The molecule has 22 nitrogen and oxygen atoms in total. The molecule has 368 valence electrons. The van der Waals surface area contributed by atoms with Gasteiger partial charge in [0.05, 0.1) is 43.2 Å². The molecule has 5 heterocycles. The van der Waals surface area contributed by atoms with Crippen LogP contribution in [-0.4, -0.2) is 132 Å². The Hall–Kier alpha value is -8.03. The number of nitrogens with two attached hydrogens (primary N) is 1. The van der Waals surface area contributed by atoms with E-state index in [-0.39, 0.29) is 60.3 Å². The van der Waals surface area contributed by atoms with Crippen LogP contribution in [0.4, 0.5) is 11.9 Å². The van der Waals surface area contributed by atoms with Gasteiger partial charge in [0.2, 0.25) is 23.7 Å². The molecule has 4 aromatic heterocycles. The van der Waals surface area contributed by atoms with Gasteiger partial charge in [-0.1, -0.05) is 37.8 Å². The molecule has 0 bridgehead atoms. The van der Waals surface area contributed by atoms with Crippen LogP contribution in [0.15, 0.2) is 48.6 Å². The number of anilines is 2. The standard InChI is InChI=1S/C48H58N14O8/c1-9-61-36(23-30(5)54-61)44(65)52-47-51-35-26-33(43(64)56-69-8)28-38(68-7)40(35)59(47)16-11-12-17-60-41-34(50-48(60)53-45(66)37-24-31(6)55-62(37)10-2)25-32(42(49)63)27-39(41)70-22-14-13-15-57-18-20-58(21-19-57)46(67)29(3)4/h11-12,23-29H,9-10,15-22H2,1-8H3,(H2,49,63)(H,56,64)(H,50,53,66)(H,51,52,65)/b12-11+. The van der Waals surface area contributed by atoms with Crippen LogP contribution in [0, 0.1) is 31.6 Å². The van der Waals surface area contributed by atoms with Crippen LogP contribution in [0.2, 0.25) is 0 Å². The molecular formula is C48H58N14O8. The quantitative estimate of drug-likeness (QED) is 0.0545. The molecule has 70 heavy (non-hydrogen) atoms. The minimum atomic E-state index is -0.707. The number of nitrogens with zero attached hydrogens (tertiary/aromatic N) is 10. The Bertz CT molecular complexity index is 3050. The fourth-order valence-corrected chi connectivity index (χ4v) is 8.15. The van der Waals surface area contributed by atoms with Crippen molar-refractivity contribution < 1.29 is 38.3 Å². The molecule has 1 saturated heterocycles. The van der Waals surface area contributed by atoms with Crippen molar-refractivity contribution >= 4 is 63.5 Å². The zero-order valence-corrected chi connectivity index (χ0v) is 40.6. The van der Waals surface area contributed by atoms with E-state index >= 15 is 0 Å². The molecule has 0 radical (unpaired) electrons. The molecule has 6 aromatic rings. The van der Waals surface area contributed by atoms with Crippen molar-refractivity contribution in [3.05, 3.63) is 82.5 Å². The molecule has 0 saturated carbocycles. The summed E-state index contributed by atoms with van der Waals surface area (Å²) in [6.45, 7) is 15.4. The van der Waals surface area contributed by atoms with Gasteiger partial charge in [-0.25, -0.2) is 15.4 Å². The van der Waals surface area contributed by atoms with Crippen LogP contribution in [0.3, 0.4) is 0 Å². The highest BCUT2D eigenvalue weighted by Crippen LogP contribution is 2.33. The van der Waals surface area contributed by atoms with Gasteiger partial charge in [-0.05, 0) is 64.1 Å². The van der Waals surface area contributed by atoms with Crippen molar-refractivity contribution in [3.63, 3.8) is 0 Å². The molecule has 5 amide bonds. The number of hydrogen-bond donors (Lipinski definition) is 4. The number of piperazine rings is 1. The fourth-order valence-electron chi connectivity index (χ4n) is 8.15. The molecule has 0 aliphatic carbocycles. The number of amides is 5. The number of fused-ring (bicyclic) bond motifs is 2. The SMILES string of the molecule is CCn1nc(C)cc1C(=O)Nc1nc2cc(C(=O)NOC)cc(OC)c2n1C/C=C/Cn1c(NC(=O)c2cc(C)nn2CC)nc2cc(C(N)=O)cc(OCC#CCN3CCN(C(=O)C(C)C)CC3)c21. The Morgan fingerprint density at radius 1 is 0.729 bits per heavy atom. The fraction of sp³-hybridized carbons (Fsp3) is 0.396. The second-order valence-electron chi connectivity index (χ2n) is 16.7. The van der Waals surface area contributed by atoms with E-state index in [1.54, 1.807) is 56.6 Å². The summed E-state index contributed by atoms with van der Waals surface area (Å²) in [5, 5.41) is 14.7. The molecule has 1 fully saturated rings. The first-order valence-corrected chi connectivity index (χ1v) is 22.9. The van der Waals surface area contributed by atoms with E-state index in [4.69, 9.17) is 30.0 Å². The number of methoxy groups -OCH3 is 1. The first-order valence-electron chi connectivity index (χ1n) is 22.9. The van der Waals surface area contributed by atoms with Crippen molar-refractivity contribution in [3.8, 4) is 23.3 Å². The summed E-state index contributed by atoms with van der Waals surface area (Å²) >= 11 is 0. The van der Waals surface area contributed by atoms with Crippen molar-refractivity contribution in [2.24, 2.45) is 11.7 Å². The Kier molecular flexibility index (Phi) is 15.6. The largest absolute Gasteiger partial charge is 0.494 e. The molecule has 1 aliphatic heterocycles. The number of rotatable bonds is 18. The average molecular weight is 959 g/mol. The highest BCUT2D eigenvalue weighted by molar-refractivity contribution is 6.05. The lowest BCUT2D eigenvalue weighted by atomic mass is 10.1. The van der Waals surface area contributed by atoms with Crippen LogP contribution in [0.5, 0.6) is 11.5 Å². The molecule has 22 heteroatoms. The molecule has 5 N–H and O–H groups in total. The predicted octanol–water partition coefficient (Wildman–Crippen LogP) is 3.78. The summed E-state index contributed by atoms with van der Waals surface area (Å²) in [6, 6.07) is 9.52. The topological polar surface area (TPSA) is 253 Å². The van der Waals surface area contributed by atoms with Gasteiger partial charge in [0.15, 0.2) is 0 Å². The summed E-state index contributed by atoms with van der Waals surface area (Å²) in [4.78, 5) is 84.1. The number of allylic oxidation sites excluding steroid dienone is 2. The second kappa shape index (κ2) is 21.9. The Morgan fingerprint density at radius 2 is 1.26 bits per heavy atom. The first kappa shape index (κ1) is 49.9. The van der Waals surface area contributed by atoms with Crippen LogP contribution in [0.25, 0.3) is 22.1 Å². The zero-order valence-electron chi connectivity index (χ0n) is 40.6. The molecule has 0 spiro atoms. The number of carbonyl (C=O) groups excluding carboxylic acids is 5. The Balaban J connectivity index is 1.22. The smallest absolute Gasteiger partial charge is 0.276 e. The van der Waals surface area contributed by atoms with Crippen molar-refractivity contribution in [1.82, 2.24) is 53.9 Å². The normalized spacial score (nSPS) is 13.0. The lowest BCUT2D eigenvalue weighted by Crippen LogP contribution is -2.49. The maximum atomic E-state index is 13.9. The van der Waals surface area contributed by atoms with E-state index in [9.17, 15) is 24.0 Å². The van der Waals surface area contributed by atoms with Crippen molar-refractivity contribution in [2.45, 2.75) is 67.7 Å². The maximum absolute atomic E-state index is 13.9. The summed E-state index contributed by atoms with van der Waals surface area (Å²) in [7, 11) is 2.79. The minimum absolute atomic E-state index is 0.0434. The van der Waals surface area contributed by atoms with E-state index in [0.717, 1.165) is 0 Å². The highest BCUT2D eigenvalue weighted by atomic mass is 16.6. The van der Waals surface area contributed by atoms with E-state index in [0.29, 0.717) is 96.4 Å².